The van der Waals surface area contributed by atoms with Gasteiger partial charge in [-0.15, -0.1) is 0 Å². The summed E-state index contributed by atoms with van der Waals surface area (Å²) in [6.45, 7) is 0.922. The van der Waals surface area contributed by atoms with E-state index in [2.05, 4.69) is 36.5 Å². The van der Waals surface area contributed by atoms with Gasteiger partial charge in [-0.3, -0.25) is 9.20 Å². The van der Waals surface area contributed by atoms with Crippen LogP contribution in [0, 0.1) is 0 Å². The molecule has 19 heavy (non-hydrogen) atoms. The van der Waals surface area contributed by atoms with Gasteiger partial charge in [0.25, 0.3) is 0 Å². The zero-order valence-corrected chi connectivity index (χ0v) is 11.9. The summed E-state index contributed by atoms with van der Waals surface area (Å²) in [7, 11) is 0. The second kappa shape index (κ2) is 5.26. The number of fused-ring (bicyclic) bond motifs is 1. The first-order chi connectivity index (χ1) is 9.22. The van der Waals surface area contributed by atoms with E-state index in [0.29, 0.717) is 19.1 Å². The molecule has 0 spiro atoms. The van der Waals surface area contributed by atoms with Crippen molar-refractivity contribution in [2.45, 2.75) is 25.4 Å². The molecule has 0 aliphatic heterocycles. The largest absolute Gasteiger partial charge is 0.352 e. The van der Waals surface area contributed by atoms with Gasteiger partial charge >= 0.3 is 0 Å². The molecule has 100 valence electrons. The van der Waals surface area contributed by atoms with Gasteiger partial charge in [-0.1, -0.05) is 0 Å². The molecule has 1 saturated carbocycles. The Hall–Kier alpha value is -1.47. The molecule has 1 aliphatic rings. The fourth-order valence-corrected chi connectivity index (χ4v) is 2.16. The highest BCUT2D eigenvalue weighted by atomic mass is 79.9. The van der Waals surface area contributed by atoms with Crippen LogP contribution < -0.4 is 10.6 Å². The van der Waals surface area contributed by atoms with E-state index in [1.165, 1.54) is 0 Å². The number of nitrogens with one attached hydrogen (secondary N) is 2. The number of imidazole rings is 1. The van der Waals surface area contributed by atoms with Gasteiger partial charge in [0.1, 0.15) is 4.60 Å². The number of nitrogens with zero attached hydrogens (tertiary/aromatic N) is 3. The maximum Gasteiger partial charge on any atom is 0.234 e. The summed E-state index contributed by atoms with van der Waals surface area (Å²) < 4.78 is 2.70. The maximum absolute atomic E-state index is 11.5. The molecule has 0 unspecified atom stereocenters. The lowest BCUT2D eigenvalue weighted by atomic mass is 10.4. The average Bonchev–Trinajstić information content (AvgIpc) is 3.10. The number of amides is 1. The Morgan fingerprint density at radius 2 is 2.26 bits per heavy atom. The zero-order chi connectivity index (χ0) is 13.2. The predicted octanol–water partition coefficient (Wildman–Crippen LogP) is 0.860. The van der Waals surface area contributed by atoms with Gasteiger partial charge in [0.15, 0.2) is 5.65 Å². The number of hydrogen-bond donors (Lipinski definition) is 2. The molecule has 0 aromatic carbocycles. The summed E-state index contributed by atoms with van der Waals surface area (Å²) in [5.74, 6) is 0.0548. The molecule has 7 heteroatoms. The van der Waals surface area contributed by atoms with Crippen molar-refractivity contribution in [1.29, 1.82) is 0 Å². The number of carbonyl (C=O) groups excluding carboxylic acids is 1. The van der Waals surface area contributed by atoms with Gasteiger partial charge in [-0.05, 0) is 28.8 Å². The highest BCUT2D eigenvalue weighted by Gasteiger charge is 2.22. The molecule has 3 rings (SSSR count). The first-order valence-corrected chi connectivity index (χ1v) is 6.99. The Morgan fingerprint density at radius 1 is 1.42 bits per heavy atom. The Bertz CT molecular complexity index is 607. The average molecular weight is 324 g/mol. The summed E-state index contributed by atoms with van der Waals surface area (Å²) in [6, 6.07) is 0.409. The van der Waals surface area contributed by atoms with Gasteiger partial charge in [0, 0.05) is 18.8 Å². The van der Waals surface area contributed by atoms with Crippen molar-refractivity contribution >= 4 is 27.5 Å². The van der Waals surface area contributed by atoms with Crippen molar-refractivity contribution in [2.24, 2.45) is 0 Å². The minimum Gasteiger partial charge on any atom is -0.352 e. The van der Waals surface area contributed by atoms with E-state index in [0.717, 1.165) is 28.8 Å². The Balaban J connectivity index is 1.58. The second-order valence-electron chi connectivity index (χ2n) is 4.63. The van der Waals surface area contributed by atoms with Crippen molar-refractivity contribution in [3.05, 3.63) is 28.9 Å². The molecule has 0 saturated heterocycles. The summed E-state index contributed by atoms with van der Waals surface area (Å²) in [4.78, 5) is 19.9. The van der Waals surface area contributed by atoms with Crippen LogP contribution in [0.3, 0.4) is 0 Å². The maximum atomic E-state index is 11.5. The Morgan fingerprint density at radius 3 is 3.05 bits per heavy atom. The van der Waals surface area contributed by atoms with Gasteiger partial charge in [0.05, 0.1) is 24.6 Å². The Kier molecular flexibility index (Phi) is 3.48. The fraction of sp³-hybridized carbons (Fsp3) is 0.417. The number of halogens is 1. The summed E-state index contributed by atoms with van der Waals surface area (Å²) in [6.07, 6.45) is 7.58. The number of aromatic nitrogens is 3. The SMILES string of the molecule is O=C(CNCc1cnc2cnc(Br)cn12)NC1CC1. The second-order valence-corrected chi connectivity index (χ2v) is 5.45. The Labute approximate surface area is 118 Å². The zero-order valence-electron chi connectivity index (χ0n) is 10.3. The molecule has 1 aliphatic carbocycles. The lowest BCUT2D eigenvalue weighted by molar-refractivity contribution is -0.120. The molecular formula is C12H14BrN5O. The van der Waals surface area contributed by atoms with Crippen LogP contribution >= 0.6 is 15.9 Å². The number of hydrogen-bond acceptors (Lipinski definition) is 4. The molecule has 1 amide bonds. The van der Waals surface area contributed by atoms with Crippen LogP contribution in [-0.2, 0) is 11.3 Å². The summed E-state index contributed by atoms with van der Waals surface area (Å²) in [5, 5.41) is 6.06. The van der Waals surface area contributed by atoms with Crippen molar-refractivity contribution in [2.75, 3.05) is 6.54 Å². The van der Waals surface area contributed by atoms with Crippen LogP contribution in [0.1, 0.15) is 18.5 Å². The van der Waals surface area contributed by atoms with Crippen LogP contribution in [-0.4, -0.2) is 32.9 Å². The highest BCUT2D eigenvalue weighted by molar-refractivity contribution is 9.10. The molecule has 0 radical (unpaired) electrons. The van der Waals surface area contributed by atoms with Crippen molar-refractivity contribution in [1.82, 2.24) is 25.0 Å². The third kappa shape index (κ3) is 3.10. The molecule has 2 N–H and O–H groups in total. The third-order valence-corrected chi connectivity index (χ3v) is 3.38. The third-order valence-electron chi connectivity index (χ3n) is 2.98. The normalized spacial score (nSPS) is 14.8. The quantitative estimate of drug-likeness (QED) is 0.856. The van der Waals surface area contributed by atoms with Gasteiger partial charge in [-0.2, -0.15) is 0 Å². The number of carbonyl (C=O) groups is 1. The van der Waals surface area contributed by atoms with Gasteiger partial charge in [0.2, 0.25) is 5.91 Å². The lowest BCUT2D eigenvalue weighted by Gasteiger charge is -2.05. The minimum absolute atomic E-state index is 0.0548. The molecule has 0 bridgehead atoms. The van der Waals surface area contributed by atoms with Crippen LogP contribution in [0.4, 0.5) is 0 Å². The molecule has 2 aromatic heterocycles. The molecule has 2 aromatic rings. The molecule has 6 nitrogen and oxygen atoms in total. The first kappa shape index (κ1) is 12.6. The summed E-state index contributed by atoms with van der Waals surface area (Å²) in [5.41, 5.74) is 1.79. The van der Waals surface area contributed by atoms with Crippen molar-refractivity contribution in [3.8, 4) is 0 Å². The van der Waals surface area contributed by atoms with Gasteiger partial charge in [-0.25, -0.2) is 9.97 Å². The lowest BCUT2D eigenvalue weighted by Crippen LogP contribution is -2.34. The smallest absolute Gasteiger partial charge is 0.234 e. The van der Waals surface area contributed by atoms with E-state index in [9.17, 15) is 4.79 Å². The van der Waals surface area contributed by atoms with Crippen molar-refractivity contribution < 1.29 is 4.79 Å². The van der Waals surface area contributed by atoms with E-state index in [1.54, 1.807) is 12.4 Å². The predicted molar refractivity (Wildman–Crippen MR) is 73.6 cm³/mol. The molecule has 2 heterocycles. The van der Waals surface area contributed by atoms with Crippen LogP contribution in [0.25, 0.3) is 5.65 Å². The number of rotatable bonds is 5. The minimum atomic E-state index is 0.0548. The topological polar surface area (TPSA) is 71.3 Å². The van der Waals surface area contributed by atoms with Crippen LogP contribution in [0.5, 0.6) is 0 Å². The molecule has 1 fully saturated rings. The summed E-state index contributed by atoms with van der Waals surface area (Å²) >= 11 is 3.33. The van der Waals surface area contributed by atoms with E-state index in [4.69, 9.17) is 0 Å². The van der Waals surface area contributed by atoms with Crippen LogP contribution in [0.15, 0.2) is 23.2 Å². The van der Waals surface area contributed by atoms with E-state index in [1.807, 2.05) is 10.6 Å². The molecular weight excluding hydrogens is 310 g/mol. The fourth-order valence-electron chi connectivity index (χ4n) is 1.86. The van der Waals surface area contributed by atoms with E-state index >= 15 is 0 Å². The first-order valence-electron chi connectivity index (χ1n) is 6.20. The van der Waals surface area contributed by atoms with Crippen LogP contribution in [0.2, 0.25) is 0 Å². The van der Waals surface area contributed by atoms with E-state index in [-0.39, 0.29) is 5.91 Å². The molecule has 0 atom stereocenters. The van der Waals surface area contributed by atoms with E-state index < -0.39 is 0 Å². The monoisotopic (exact) mass is 323 g/mol. The standard InChI is InChI=1S/C12H14BrN5O/c13-10-7-18-9(4-16-11(18)5-15-10)3-14-6-12(19)17-8-1-2-8/h4-5,7-8,14H,1-3,6H2,(H,17,19). The van der Waals surface area contributed by atoms with Gasteiger partial charge < -0.3 is 10.6 Å². The highest BCUT2D eigenvalue weighted by Crippen LogP contribution is 2.18. The van der Waals surface area contributed by atoms with Crippen molar-refractivity contribution in [3.63, 3.8) is 0 Å².